The molecule has 0 spiro atoms. The van der Waals surface area contributed by atoms with Gasteiger partial charge in [0.1, 0.15) is 0 Å². The average Bonchev–Trinajstić information content (AvgIpc) is 2.97. The lowest BCUT2D eigenvalue weighted by Crippen LogP contribution is -2.54. The van der Waals surface area contributed by atoms with Crippen molar-refractivity contribution in [2.45, 2.75) is 44.8 Å². The summed E-state index contributed by atoms with van der Waals surface area (Å²) in [7, 11) is 0. The first-order chi connectivity index (χ1) is 9.56. The van der Waals surface area contributed by atoms with E-state index in [1.165, 1.54) is 9.75 Å². The first kappa shape index (κ1) is 14.0. The third-order valence-electron chi connectivity index (χ3n) is 4.47. The maximum atomic E-state index is 11.8. The van der Waals surface area contributed by atoms with E-state index in [4.69, 9.17) is 5.73 Å². The van der Waals surface area contributed by atoms with Gasteiger partial charge in [-0.05, 0) is 32.4 Å². The van der Waals surface area contributed by atoms with Crippen molar-refractivity contribution in [2.75, 3.05) is 19.6 Å². The van der Waals surface area contributed by atoms with Gasteiger partial charge in [0, 0.05) is 47.9 Å². The van der Waals surface area contributed by atoms with Crippen molar-refractivity contribution in [3.05, 3.63) is 21.9 Å². The number of thiophene rings is 1. The second-order valence-electron chi connectivity index (χ2n) is 6.03. The number of rotatable bonds is 3. The van der Waals surface area contributed by atoms with Gasteiger partial charge in [-0.25, -0.2) is 0 Å². The van der Waals surface area contributed by atoms with Gasteiger partial charge in [0.05, 0.1) is 6.04 Å². The van der Waals surface area contributed by atoms with Gasteiger partial charge in [-0.1, -0.05) is 0 Å². The van der Waals surface area contributed by atoms with E-state index in [9.17, 15) is 4.79 Å². The van der Waals surface area contributed by atoms with Crippen LogP contribution < -0.4 is 5.73 Å². The Morgan fingerprint density at radius 2 is 2.20 bits per heavy atom. The monoisotopic (exact) mass is 293 g/mol. The maximum absolute atomic E-state index is 11.8. The molecule has 1 aromatic heterocycles. The summed E-state index contributed by atoms with van der Waals surface area (Å²) in [6, 6.07) is 5.17. The van der Waals surface area contributed by atoms with E-state index in [1.54, 1.807) is 0 Å². The SMILES string of the molecule is Cc1ccc(C(C(C)N)N2CCN3C(=O)CCC3C2)s1. The van der Waals surface area contributed by atoms with E-state index in [-0.39, 0.29) is 12.1 Å². The minimum absolute atomic E-state index is 0.108. The molecule has 1 amide bonds. The molecule has 20 heavy (non-hydrogen) atoms. The molecule has 0 radical (unpaired) electrons. The van der Waals surface area contributed by atoms with E-state index in [0.717, 1.165) is 32.5 Å². The van der Waals surface area contributed by atoms with E-state index in [0.29, 0.717) is 11.9 Å². The van der Waals surface area contributed by atoms with Gasteiger partial charge in [0.15, 0.2) is 0 Å². The second kappa shape index (κ2) is 5.47. The summed E-state index contributed by atoms with van der Waals surface area (Å²) < 4.78 is 0. The Kier molecular flexibility index (Phi) is 3.84. The standard InChI is InChI=1S/C15H23N3OS/c1-10-3-5-13(20-10)15(11(2)16)17-7-8-18-12(9-17)4-6-14(18)19/h3,5,11-12,15H,4,6-9,16H2,1-2H3. The van der Waals surface area contributed by atoms with Crippen LogP contribution in [0.25, 0.3) is 0 Å². The third-order valence-corrected chi connectivity index (χ3v) is 5.54. The van der Waals surface area contributed by atoms with Gasteiger partial charge in [-0.15, -0.1) is 11.3 Å². The highest BCUT2D eigenvalue weighted by molar-refractivity contribution is 7.12. The number of carbonyl (C=O) groups excluding carboxylic acids is 1. The maximum Gasteiger partial charge on any atom is 0.222 e. The molecule has 0 saturated carbocycles. The summed E-state index contributed by atoms with van der Waals surface area (Å²) in [5.41, 5.74) is 6.26. The highest BCUT2D eigenvalue weighted by Crippen LogP contribution is 2.33. The molecular formula is C15H23N3OS. The van der Waals surface area contributed by atoms with Crippen LogP contribution in [-0.2, 0) is 4.79 Å². The quantitative estimate of drug-likeness (QED) is 0.924. The average molecular weight is 293 g/mol. The van der Waals surface area contributed by atoms with E-state index >= 15 is 0 Å². The van der Waals surface area contributed by atoms with Crippen molar-refractivity contribution in [1.29, 1.82) is 0 Å². The number of nitrogens with zero attached hydrogens (tertiary/aromatic N) is 2. The van der Waals surface area contributed by atoms with Gasteiger partial charge in [-0.3, -0.25) is 9.69 Å². The first-order valence-electron chi connectivity index (χ1n) is 7.41. The van der Waals surface area contributed by atoms with Crippen molar-refractivity contribution in [3.8, 4) is 0 Å². The number of fused-ring (bicyclic) bond motifs is 1. The number of piperazine rings is 1. The molecule has 3 unspecified atom stereocenters. The molecule has 2 fully saturated rings. The lowest BCUT2D eigenvalue weighted by Gasteiger charge is -2.42. The van der Waals surface area contributed by atoms with Crippen LogP contribution in [0.1, 0.15) is 35.6 Å². The molecule has 3 heterocycles. The number of hydrogen-bond donors (Lipinski definition) is 1. The normalized spacial score (nSPS) is 26.6. The summed E-state index contributed by atoms with van der Waals surface area (Å²) in [5.74, 6) is 0.332. The Morgan fingerprint density at radius 3 is 2.85 bits per heavy atom. The molecule has 110 valence electrons. The molecule has 0 aliphatic carbocycles. The van der Waals surface area contributed by atoms with Crippen molar-refractivity contribution in [2.24, 2.45) is 5.73 Å². The summed E-state index contributed by atoms with van der Waals surface area (Å²) in [4.78, 5) is 19.0. The van der Waals surface area contributed by atoms with Crippen molar-refractivity contribution in [1.82, 2.24) is 9.80 Å². The fourth-order valence-electron chi connectivity index (χ4n) is 3.53. The van der Waals surface area contributed by atoms with Crippen LogP contribution in [0, 0.1) is 6.92 Å². The summed E-state index contributed by atoms with van der Waals surface area (Å²) >= 11 is 1.84. The van der Waals surface area contributed by atoms with Gasteiger partial charge in [0.2, 0.25) is 5.91 Å². The lowest BCUT2D eigenvalue weighted by molar-refractivity contribution is -0.131. The number of nitrogens with two attached hydrogens (primary N) is 1. The minimum Gasteiger partial charge on any atom is -0.337 e. The number of amides is 1. The molecule has 2 N–H and O–H groups in total. The smallest absolute Gasteiger partial charge is 0.222 e. The fraction of sp³-hybridized carbons (Fsp3) is 0.667. The van der Waals surface area contributed by atoms with Crippen molar-refractivity contribution >= 4 is 17.2 Å². The van der Waals surface area contributed by atoms with Crippen LogP contribution in [0.3, 0.4) is 0 Å². The Balaban J connectivity index is 1.78. The zero-order valence-electron chi connectivity index (χ0n) is 12.2. The van der Waals surface area contributed by atoms with Gasteiger partial charge < -0.3 is 10.6 Å². The molecule has 1 aromatic rings. The zero-order valence-corrected chi connectivity index (χ0v) is 13.0. The Bertz CT molecular complexity index is 499. The lowest BCUT2D eigenvalue weighted by atomic mass is 10.0. The molecule has 3 atom stereocenters. The molecule has 2 aliphatic rings. The Hall–Kier alpha value is -0.910. The van der Waals surface area contributed by atoms with Crippen molar-refractivity contribution in [3.63, 3.8) is 0 Å². The van der Waals surface area contributed by atoms with Crippen molar-refractivity contribution < 1.29 is 4.79 Å². The summed E-state index contributed by atoms with van der Waals surface area (Å²) in [6.07, 6.45) is 1.73. The topological polar surface area (TPSA) is 49.6 Å². The zero-order chi connectivity index (χ0) is 14.3. The van der Waals surface area contributed by atoms with Gasteiger partial charge >= 0.3 is 0 Å². The van der Waals surface area contributed by atoms with Crippen LogP contribution in [-0.4, -0.2) is 47.4 Å². The molecule has 0 aromatic carbocycles. The number of aryl methyl sites for hydroxylation is 1. The fourth-order valence-corrected chi connectivity index (χ4v) is 4.65. The van der Waals surface area contributed by atoms with E-state index in [1.807, 2.05) is 11.3 Å². The highest BCUT2D eigenvalue weighted by Gasteiger charge is 2.38. The van der Waals surface area contributed by atoms with Crippen LogP contribution >= 0.6 is 11.3 Å². The van der Waals surface area contributed by atoms with Crippen LogP contribution in [0.5, 0.6) is 0 Å². The Labute approximate surface area is 124 Å². The van der Waals surface area contributed by atoms with E-state index in [2.05, 4.69) is 35.8 Å². The predicted octanol–water partition coefficient (Wildman–Crippen LogP) is 1.75. The van der Waals surface area contributed by atoms with Crippen LogP contribution in [0.4, 0.5) is 0 Å². The van der Waals surface area contributed by atoms with Crippen LogP contribution in [0.15, 0.2) is 12.1 Å². The van der Waals surface area contributed by atoms with E-state index < -0.39 is 0 Å². The largest absolute Gasteiger partial charge is 0.337 e. The summed E-state index contributed by atoms with van der Waals surface area (Å²) in [6.45, 7) is 6.99. The minimum atomic E-state index is 0.108. The van der Waals surface area contributed by atoms with Gasteiger partial charge in [-0.2, -0.15) is 0 Å². The molecule has 2 saturated heterocycles. The number of hydrogen-bond acceptors (Lipinski definition) is 4. The van der Waals surface area contributed by atoms with Gasteiger partial charge in [0.25, 0.3) is 0 Å². The molecule has 0 bridgehead atoms. The first-order valence-corrected chi connectivity index (χ1v) is 8.23. The Morgan fingerprint density at radius 1 is 1.40 bits per heavy atom. The molecule has 3 rings (SSSR count). The molecule has 4 nitrogen and oxygen atoms in total. The summed E-state index contributed by atoms with van der Waals surface area (Å²) in [5, 5.41) is 0. The molecule has 2 aliphatic heterocycles. The van der Waals surface area contributed by atoms with Crippen LogP contribution in [0.2, 0.25) is 0 Å². The molecular weight excluding hydrogens is 270 g/mol. The molecule has 5 heteroatoms. The highest BCUT2D eigenvalue weighted by atomic mass is 32.1. The predicted molar refractivity (Wildman–Crippen MR) is 81.8 cm³/mol. The second-order valence-corrected chi connectivity index (χ2v) is 7.35. The third kappa shape index (κ3) is 2.50. The number of carbonyl (C=O) groups is 1.